The van der Waals surface area contributed by atoms with E-state index in [9.17, 15) is 9.59 Å². The van der Waals surface area contributed by atoms with Crippen LogP contribution in [-0.2, 0) is 14.3 Å². The van der Waals surface area contributed by atoms with E-state index in [1.807, 2.05) is 32.0 Å². The molecule has 0 radical (unpaired) electrons. The summed E-state index contributed by atoms with van der Waals surface area (Å²) in [7, 11) is 0. The van der Waals surface area contributed by atoms with Crippen molar-refractivity contribution in [1.82, 2.24) is 5.32 Å². The molecule has 2 rings (SSSR count). The molecular formula is C20H29NO4. The molecule has 1 aliphatic carbocycles. The van der Waals surface area contributed by atoms with Gasteiger partial charge in [0.15, 0.2) is 13.2 Å². The molecule has 25 heavy (non-hydrogen) atoms. The Morgan fingerprint density at radius 2 is 1.92 bits per heavy atom. The molecule has 138 valence electrons. The second-order valence-corrected chi connectivity index (χ2v) is 7.16. The normalized spacial score (nSPS) is 23.0. The molecule has 0 unspecified atom stereocenters. The summed E-state index contributed by atoms with van der Waals surface area (Å²) in [6.07, 6.45) is 3.32. The lowest BCUT2D eigenvalue weighted by Crippen LogP contribution is -2.45. The van der Waals surface area contributed by atoms with Crippen LogP contribution in [0.2, 0.25) is 0 Å². The van der Waals surface area contributed by atoms with E-state index in [4.69, 9.17) is 9.47 Å². The summed E-state index contributed by atoms with van der Waals surface area (Å²) in [4.78, 5) is 23.8. The fourth-order valence-corrected chi connectivity index (χ4v) is 3.22. The van der Waals surface area contributed by atoms with E-state index < -0.39 is 5.97 Å². The number of esters is 1. The van der Waals surface area contributed by atoms with Crippen LogP contribution < -0.4 is 10.1 Å². The monoisotopic (exact) mass is 347 g/mol. The molecular weight excluding hydrogens is 318 g/mol. The second kappa shape index (κ2) is 8.88. The van der Waals surface area contributed by atoms with Gasteiger partial charge in [-0.25, -0.2) is 4.79 Å². The van der Waals surface area contributed by atoms with Crippen molar-refractivity contribution in [2.24, 2.45) is 11.8 Å². The van der Waals surface area contributed by atoms with Gasteiger partial charge in [0.25, 0.3) is 5.91 Å². The molecule has 0 aromatic heterocycles. The molecule has 0 spiro atoms. The first-order chi connectivity index (χ1) is 11.9. The zero-order chi connectivity index (χ0) is 18.4. The maximum absolute atomic E-state index is 12.0. The van der Waals surface area contributed by atoms with E-state index in [0.29, 0.717) is 17.6 Å². The van der Waals surface area contributed by atoms with Crippen LogP contribution in [0.5, 0.6) is 5.75 Å². The van der Waals surface area contributed by atoms with Gasteiger partial charge in [0.2, 0.25) is 0 Å². The van der Waals surface area contributed by atoms with Crippen LogP contribution >= 0.6 is 0 Å². The number of amides is 1. The Kier molecular flexibility index (Phi) is 6.85. The minimum absolute atomic E-state index is 0.168. The van der Waals surface area contributed by atoms with E-state index in [0.717, 1.165) is 24.0 Å². The lowest BCUT2D eigenvalue weighted by molar-refractivity contribution is -0.150. The highest BCUT2D eigenvalue weighted by atomic mass is 16.6. The van der Waals surface area contributed by atoms with Crippen LogP contribution in [0.3, 0.4) is 0 Å². The SMILES string of the molecule is Cc1ccc(C)c(OCC(=O)OCC(=O)N[C@H]2CCC[C@@H](C)[C@H]2C)c1. The summed E-state index contributed by atoms with van der Waals surface area (Å²) in [5.41, 5.74) is 2.01. The maximum atomic E-state index is 12.0. The summed E-state index contributed by atoms with van der Waals surface area (Å²) in [5, 5.41) is 2.99. The molecule has 1 N–H and O–H groups in total. The smallest absolute Gasteiger partial charge is 0.344 e. The summed E-state index contributed by atoms with van der Waals surface area (Å²) in [5.74, 6) is 0.923. The number of carbonyl (C=O) groups excluding carboxylic acids is 2. The van der Waals surface area contributed by atoms with Gasteiger partial charge < -0.3 is 14.8 Å². The van der Waals surface area contributed by atoms with Crippen molar-refractivity contribution in [1.29, 1.82) is 0 Å². The minimum Gasteiger partial charge on any atom is -0.482 e. The van der Waals surface area contributed by atoms with Crippen molar-refractivity contribution in [3.05, 3.63) is 29.3 Å². The summed E-state index contributed by atoms with van der Waals surface area (Å²) in [6, 6.07) is 5.97. The summed E-state index contributed by atoms with van der Waals surface area (Å²) in [6.45, 7) is 7.80. The topological polar surface area (TPSA) is 64.6 Å². The molecule has 1 fully saturated rings. The van der Waals surface area contributed by atoms with Gasteiger partial charge in [-0.1, -0.05) is 38.8 Å². The lowest BCUT2D eigenvalue weighted by Gasteiger charge is -2.34. The zero-order valence-corrected chi connectivity index (χ0v) is 15.6. The number of rotatable bonds is 6. The predicted octanol–water partition coefficient (Wildman–Crippen LogP) is 3.17. The minimum atomic E-state index is -0.541. The molecule has 1 amide bonds. The summed E-state index contributed by atoms with van der Waals surface area (Å²) < 4.78 is 10.5. The highest BCUT2D eigenvalue weighted by molar-refractivity contribution is 5.81. The standard InChI is InChI=1S/C20H29NO4/c1-13-8-9-15(3)18(10-13)24-12-20(23)25-11-19(22)21-17-7-5-6-14(2)16(17)4/h8-10,14,16-17H,5-7,11-12H2,1-4H3,(H,21,22)/t14-,16-,17+/m1/s1. The van der Waals surface area contributed by atoms with Crippen molar-refractivity contribution in [3.8, 4) is 5.75 Å². The van der Waals surface area contributed by atoms with Crippen molar-refractivity contribution in [2.75, 3.05) is 13.2 Å². The fourth-order valence-electron chi connectivity index (χ4n) is 3.22. The number of carbonyl (C=O) groups is 2. The van der Waals surface area contributed by atoms with E-state index in [1.54, 1.807) is 0 Å². The van der Waals surface area contributed by atoms with Crippen LogP contribution in [0.1, 0.15) is 44.2 Å². The van der Waals surface area contributed by atoms with Gasteiger partial charge in [-0.15, -0.1) is 0 Å². The Bertz CT molecular complexity index is 614. The van der Waals surface area contributed by atoms with Gasteiger partial charge in [0, 0.05) is 6.04 Å². The van der Waals surface area contributed by atoms with Crippen LogP contribution in [-0.4, -0.2) is 31.1 Å². The van der Waals surface area contributed by atoms with E-state index in [-0.39, 0.29) is 25.2 Å². The third kappa shape index (κ3) is 5.76. The average Bonchev–Trinajstić information content (AvgIpc) is 2.58. The highest BCUT2D eigenvalue weighted by Gasteiger charge is 2.28. The van der Waals surface area contributed by atoms with Crippen molar-refractivity contribution < 1.29 is 19.1 Å². The lowest BCUT2D eigenvalue weighted by atomic mass is 9.78. The quantitative estimate of drug-likeness (QED) is 0.803. The number of hydrogen-bond acceptors (Lipinski definition) is 4. The summed E-state index contributed by atoms with van der Waals surface area (Å²) >= 11 is 0. The Labute approximate surface area is 150 Å². The zero-order valence-electron chi connectivity index (χ0n) is 15.6. The number of aryl methyl sites for hydroxylation is 2. The van der Waals surface area contributed by atoms with Crippen molar-refractivity contribution in [3.63, 3.8) is 0 Å². The van der Waals surface area contributed by atoms with Crippen molar-refractivity contribution in [2.45, 2.75) is 53.0 Å². The van der Waals surface area contributed by atoms with Gasteiger partial charge >= 0.3 is 5.97 Å². The highest BCUT2D eigenvalue weighted by Crippen LogP contribution is 2.29. The molecule has 1 aromatic carbocycles. The maximum Gasteiger partial charge on any atom is 0.344 e. The third-order valence-electron chi connectivity index (χ3n) is 5.11. The Balaban J connectivity index is 1.72. The predicted molar refractivity (Wildman–Crippen MR) is 96.5 cm³/mol. The van der Waals surface area contributed by atoms with E-state index >= 15 is 0 Å². The van der Waals surface area contributed by atoms with Crippen LogP contribution in [0.4, 0.5) is 0 Å². The Morgan fingerprint density at radius 3 is 2.68 bits per heavy atom. The molecule has 1 aliphatic rings. The van der Waals surface area contributed by atoms with Crippen molar-refractivity contribution >= 4 is 11.9 Å². The fraction of sp³-hybridized carbons (Fsp3) is 0.600. The molecule has 0 aliphatic heterocycles. The molecule has 5 nitrogen and oxygen atoms in total. The number of ether oxygens (including phenoxy) is 2. The van der Waals surface area contributed by atoms with Crippen LogP contribution in [0.25, 0.3) is 0 Å². The number of hydrogen-bond donors (Lipinski definition) is 1. The number of benzene rings is 1. The molecule has 3 atom stereocenters. The molecule has 0 bridgehead atoms. The largest absolute Gasteiger partial charge is 0.482 e. The van der Waals surface area contributed by atoms with Gasteiger partial charge in [-0.3, -0.25) is 4.79 Å². The van der Waals surface area contributed by atoms with Crippen LogP contribution in [0.15, 0.2) is 18.2 Å². The average molecular weight is 347 g/mol. The van der Waals surface area contributed by atoms with Gasteiger partial charge in [0.05, 0.1) is 0 Å². The number of nitrogens with one attached hydrogen (secondary N) is 1. The van der Waals surface area contributed by atoms with Gasteiger partial charge in [-0.05, 0) is 49.3 Å². The second-order valence-electron chi connectivity index (χ2n) is 7.16. The first kappa shape index (κ1) is 19.3. The van der Waals surface area contributed by atoms with Gasteiger partial charge in [0.1, 0.15) is 5.75 Å². The van der Waals surface area contributed by atoms with E-state index in [1.165, 1.54) is 6.42 Å². The molecule has 1 saturated carbocycles. The molecule has 1 aromatic rings. The molecule has 0 saturated heterocycles. The molecule has 0 heterocycles. The Morgan fingerprint density at radius 1 is 1.16 bits per heavy atom. The molecule has 5 heteroatoms. The van der Waals surface area contributed by atoms with E-state index in [2.05, 4.69) is 19.2 Å². The van der Waals surface area contributed by atoms with Crippen LogP contribution in [0, 0.1) is 25.7 Å². The third-order valence-corrected chi connectivity index (χ3v) is 5.11. The Hall–Kier alpha value is -2.04. The van der Waals surface area contributed by atoms with Gasteiger partial charge in [-0.2, -0.15) is 0 Å². The first-order valence-electron chi connectivity index (χ1n) is 9.02. The first-order valence-corrected chi connectivity index (χ1v) is 9.02.